The lowest BCUT2D eigenvalue weighted by Crippen LogP contribution is -2.61. The van der Waals surface area contributed by atoms with Crippen LogP contribution >= 0.6 is 0 Å². The number of hydrogen-bond acceptors (Lipinski definition) is 3. The van der Waals surface area contributed by atoms with E-state index in [1.807, 2.05) is 0 Å². The van der Waals surface area contributed by atoms with Crippen LogP contribution in [0.2, 0.25) is 0 Å². The third kappa shape index (κ3) is 3.05. The van der Waals surface area contributed by atoms with Gasteiger partial charge in [0.2, 0.25) is 0 Å². The Morgan fingerprint density at radius 2 is 1.90 bits per heavy atom. The smallest absolute Gasteiger partial charge is 0.0239 e. The predicted molar refractivity (Wildman–Crippen MR) is 85.0 cm³/mol. The molecular formula is C17H33N3. The summed E-state index contributed by atoms with van der Waals surface area (Å²) in [5.41, 5.74) is 0. The van der Waals surface area contributed by atoms with Crippen LogP contribution in [0.4, 0.5) is 0 Å². The van der Waals surface area contributed by atoms with Gasteiger partial charge in [0.05, 0.1) is 0 Å². The van der Waals surface area contributed by atoms with E-state index in [1.165, 1.54) is 58.3 Å². The minimum absolute atomic E-state index is 0.706. The fraction of sp³-hybridized carbons (Fsp3) is 1.00. The first kappa shape index (κ1) is 14.8. The largest absolute Gasteiger partial charge is 0.311 e. The molecule has 0 radical (unpaired) electrons. The molecule has 1 aliphatic carbocycles. The van der Waals surface area contributed by atoms with E-state index in [0.717, 1.165) is 24.0 Å². The van der Waals surface area contributed by atoms with Crippen molar-refractivity contribution < 1.29 is 0 Å². The summed E-state index contributed by atoms with van der Waals surface area (Å²) < 4.78 is 0. The van der Waals surface area contributed by atoms with Gasteiger partial charge in [-0.2, -0.15) is 0 Å². The molecule has 3 nitrogen and oxygen atoms in total. The Morgan fingerprint density at radius 1 is 1.10 bits per heavy atom. The zero-order valence-corrected chi connectivity index (χ0v) is 13.6. The molecule has 20 heavy (non-hydrogen) atoms. The zero-order chi connectivity index (χ0) is 14.1. The molecule has 3 fully saturated rings. The van der Waals surface area contributed by atoms with Crippen LogP contribution in [0.15, 0.2) is 0 Å². The maximum absolute atomic E-state index is 3.82. The lowest BCUT2D eigenvalue weighted by molar-refractivity contribution is 0.0662. The normalized spacial score (nSPS) is 38.2. The molecule has 2 aliphatic heterocycles. The number of nitrogens with one attached hydrogen (secondary N) is 1. The van der Waals surface area contributed by atoms with Crippen LogP contribution in [0.1, 0.15) is 52.9 Å². The third-order valence-corrected chi connectivity index (χ3v) is 6.02. The Morgan fingerprint density at radius 3 is 2.55 bits per heavy atom. The molecule has 0 aromatic rings. The molecule has 1 saturated carbocycles. The lowest BCUT2D eigenvalue weighted by Gasteiger charge is -2.45. The Kier molecular flexibility index (Phi) is 4.68. The van der Waals surface area contributed by atoms with E-state index in [2.05, 4.69) is 35.9 Å². The topological polar surface area (TPSA) is 18.5 Å². The van der Waals surface area contributed by atoms with Gasteiger partial charge in [-0.3, -0.25) is 9.80 Å². The van der Waals surface area contributed by atoms with E-state index >= 15 is 0 Å². The number of likely N-dealkylation sites (tertiary alicyclic amines) is 1. The van der Waals surface area contributed by atoms with Gasteiger partial charge in [-0.1, -0.05) is 27.2 Å². The van der Waals surface area contributed by atoms with E-state index in [-0.39, 0.29) is 0 Å². The highest BCUT2D eigenvalue weighted by atomic mass is 15.3. The molecule has 0 spiro atoms. The fourth-order valence-corrected chi connectivity index (χ4v) is 4.15. The summed E-state index contributed by atoms with van der Waals surface area (Å²) in [4.78, 5) is 5.63. The fourth-order valence-electron chi connectivity index (χ4n) is 4.15. The van der Waals surface area contributed by atoms with Gasteiger partial charge in [-0.25, -0.2) is 0 Å². The summed E-state index contributed by atoms with van der Waals surface area (Å²) in [6.07, 6.45) is 6.91. The van der Waals surface area contributed by atoms with E-state index in [9.17, 15) is 0 Å². The van der Waals surface area contributed by atoms with Crippen LogP contribution < -0.4 is 5.32 Å². The highest BCUT2D eigenvalue weighted by Gasteiger charge is 2.40. The molecule has 3 aliphatic rings. The van der Waals surface area contributed by atoms with Crippen LogP contribution in [0.5, 0.6) is 0 Å². The Balaban J connectivity index is 1.61. The van der Waals surface area contributed by atoms with E-state index in [4.69, 9.17) is 0 Å². The molecule has 0 aromatic heterocycles. The van der Waals surface area contributed by atoms with Crippen molar-refractivity contribution in [3.05, 3.63) is 0 Å². The Hall–Kier alpha value is -0.120. The monoisotopic (exact) mass is 279 g/mol. The summed E-state index contributed by atoms with van der Waals surface area (Å²) in [7, 11) is 0. The number of rotatable bonds is 5. The van der Waals surface area contributed by atoms with Gasteiger partial charge in [0.1, 0.15) is 0 Å². The summed E-state index contributed by atoms with van der Waals surface area (Å²) in [5, 5.41) is 3.82. The Bertz CT molecular complexity index is 315. The number of piperazine rings is 1. The van der Waals surface area contributed by atoms with E-state index in [1.54, 1.807) is 0 Å². The highest BCUT2D eigenvalue weighted by molar-refractivity contribution is 4.97. The van der Waals surface area contributed by atoms with Crippen molar-refractivity contribution in [2.24, 2.45) is 5.92 Å². The van der Waals surface area contributed by atoms with Crippen LogP contribution in [0.25, 0.3) is 0 Å². The van der Waals surface area contributed by atoms with Crippen molar-refractivity contribution in [2.45, 2.75) is 77.0 Å². The lowest BCUT2D eigenvalue weighted by atomic mass is 9.93. The van der Waals surface area contributed by atoms with E-state index in [0.29, 0.717) is 6.04 Å². The SMILES string of the molecule is CCC(C)C1CN(C2CCN(C3CC3)C2)C(CC)CN1. The van der Waals surface area contributed by atoms with Crippen molar-refractivity contribution in [3.63, 3.8) is 0 Å². The minimum atomic E-state index is 0.706. The molecule has 1 N–H and O–H groups in total. The van der Waals surface area contributed by atoms with Crippen LogP contribution in [-0.4, -0.2) is 60.1 Å². The standard InChI is InChI=1S/C17H33N3/c1-4-13(3)17-12-20(14(5-2)10-18-17)16-8-9-19(11-16)15-6-7-15/h13-18H,4-12H2,1-3H3. The average Bonchev–Trinajstić information content (AvgIpc) is 3.23. The first-order valence-electron chi connectivity index (χ1n) is 8.96. The maximum atomic E-state index is 3.82. The van der Waals surface area contributed by atoms with Gasteiger partial charge < -0.3 is 5.32 Å². The predicted octanol–water partition coefficient (Wildman–Crippen LogP) is 2.32. The van der Waals surface area contributed by atoms with Gasteiger partial charge in [-0.05, 0) is 31.6 Å². The van der Waals surface area contributed by atoms with Crippen LogP contribution in [0.3, 0.4) is 0 Å². The molecule has 2 heterocycles. The molecule has 4 unspecified atom stereocenters. The first-order valence-corrected chi connectivity index (χ1v) is 8.96. The average molecular weight is 279 g/mol. The van der Waals surface area contributed by atoms with Crippen molar-refractivity contribution >= 4 is 0 Å². The van der Waals surface area contributed by atoms with Gasteiger partial charge >= 0.3 is 0 Å². The highest BCUT2D eigenvalue weighted by Crippen LogP contribution is 2.32. The first-order chi connectivity index (χ1) is 9.72. The second kappa shape index (κ2) is 6.33. The summed E-state index contributed by atoms with van der Waals surface area (Å²) in [6, 6.07) is 3.25. The second-order valence-corrected chi connectivity index (χ2v) is 7.33. The minimum Gasteiger partial charge on any atom is -0.311 e. The van der Waals surface area contributed by atoms with Gasteiger partial charge in [0.15, 0.2) is 0 Å². The van der Waals surface area contributed by atoms with E-state index < -0.39 is 0 Å². The maximum Gasteiger partial charge on any atom is 0.0239 e. The molecule has 0 bridgehead atoms. The number of nitrogens with zero attached hydrogens (tertiary/aromatic N) is 2. The Labute approximate surface area is 125 Å². The van der Waals surface area contributed by atoms with Crippen molar-refractivity contribution in [1.82, 2.24) is 15.1 Å². The molecule has 116 valence electrons. The molecule has 2 saturated heterocycles. The zero-order valence-electron chi connectivity index (χ0n) is 13.6. The van der Waals surface area contributed by atoms with Crippen molar-refractivity contribution in [3.8, 4) is 0 Å². The second-order valence-electron chi connectivity index (χ2n) is 7.33. The third-order valence-electron chi connectivity index (χ3n) is 6.02. The van der Waals surface area contributed by atoms with Crippen LogP contribution in [-0.2, 0) is 0 Å². The molecule has 0 aromatic carbocycles. The number of hydrogen-bond donors (Lipinski definition) is 1. The molecule has 4 atom stereocenters. The van der Waals surface area contributed by atoms with Crippen molar-refractivity contribution in [2.75, 3.05) is 26.2 Å². The molecule has 3 rings (SSSR count). The summed E-state index contributed by atoms with van der Waals surface area (Å²) in [5.74, 6) is 0.802. The molecule has 3 heteroatoms. The summed E-state index contributed by atoms with van der Waals surface area (Å²) >= 11 is 0. The molecular weight excluding hydrogens is 246 g/mol. The quantitative estimate of drug-likeness (QED) is 0.833. The van der Waals surface area contributed by atoms with Crippen molar-refractivity contribution in [1.29, 1.82) is 0 Å². The van der Waals surface area contributed by atoms with Gasteiger partial charge in [0, 0.05) is 50.3 Å². The van der Waals surface area contributed by atoms with Gasteiger partial charge in [0.25, 0.3) is 0 Å². The molecule has 0 amide bonds. The van der Waals surface area contributed by atoms with Crippen LogP contribution in [0, 0.1) is 5.92 Å². The summed E-state index contributed by atoms with van der Waals surface area (Å²) in [6.45, 7) is 12.3. The van der Waals surface area contributed by atoms with Gasteiger partial charge in [-0.15, -0.1) is 0 Å².